The van der Waals surface area contributed by atoms with E-state index in [0.29, 0.717) is 10.8 Å². The lowest BCUT2D eigenvalue weighted by atomic mass is 10.0. The molecule has 4 rings (SSSR count). The monoisotopic (exact) mass is 406 g/mol. The molecule has 0 aliphatic rings. The standard InChI is InChI=1S/C24H16Cl2O2/c25-20-13-18(16-7-3-1-4-8-16)11-12-22(20)28-23-15-19(14-21(26)24(23)27)17-9-5-2-6-10-17/h1-15,27H. The largest absolute Gasteiger partial charge is 0.503 e. The molecule has 0 spiro atoms. The van der Waals surface area contributed by atoms with Gasteiger partial charge in [-0.05, 0) is 46.5 Å². The molecule has 0 fully saturated rings. The summed E-state index contributed by atoms with van der Waals surface area (Å²) in [5, 5.41) is 11.0. The van der Waals surface area contributed by atoms with E-state index in [-0.39, 0.29) is 16.5 Å². The number of hydrogen-bond donors (Lipinski definition) is 1. The molecule has 0 aliphatic carbocycles. The molecule has 4 aromatic rings. The van der Waals surface area contributed by atoms with Crippen molar-refractivity contribution in [1.82, 2.24) is 0 Å². The van der Waals surface area contributed by atoms with Gasteiger partial charge in [0, 0.05) is 0 Å². The van der Waals surface area contributed by atoms with Gasteiger partial charge in [0.25, 0.3) is 0 Å². The summed E-state index contributed by atoms with van der Waals surface area (Å²) in [7, 11) is 0. The SMILES string of the molecule is Oc1c(Cl)cc(-c2ccccc2)cc1Oc1ccc(-c2ccccc2)cc1Cl. The number of benzene rings is 4. The quantitative estimate of drug-likeness (QED) is 0.374. The van der Waals surface area contributed by atoms with Gasteiger partial charge in [0.1, 0.15) is 5.75 Å². The predicted molar refractivity (Wildman–Crippen MR) is 116 cm³/mol. The second-order valence-electron chi connectivity index (χ2n) is 6.28. The fraction of sp³-hybridized carbons (Fsp3) is 0. The summed E-state index contributed by atoms with van der Waals surface area (Å²) in [5.41, 5.74) is 3.86. The Balaban J connectivity index is 1.68. The minimum absolute atomic E-state index is 0.121. The van der Waals surface area contributed by atoms with Crippen LogP contribution in [0, 0.1) is 0 Å². The first-order valence-corrected chi connectivity index (χ1v) is 9.48. The topological polar surface area (TPSA) is 29.5 Å². The molecule has 0 aromatic heterocycles. The van der Waals surface area contributed by atoms with Gasteiger partial charge in [-0.1, -0.05) is 89.9 Å². The third-order valence-corrected chi connectivity index (χ3v) is 4.98. The molecular weight excluding hydrogens is 391 g/mol. The molecule has 4 heteroatoms. The summed E-state index contributed by atoms with van der Waals surface area (Å²) in [4.78, 5) is 0. The van der Waals surface area contributed by atoms with Crippen LogP contribution in [0.3, 0.4) is 0 Å². The Bertz CT molecular complexity index is 1110. The highest BCUT2D eigenvalue weighted by molar-refractivity contribution is 6.33. The fourth-order valence-corrected chi connectivity index (χ4v) is 3.39. The highest BCUT2D eigenvalue weighted by Gasteiger charge is 2.14. The van der Waals surface area contributed by atoms with Crippen molar-refractivity contribution >= 4 is 23.2 Å². The van der Waals surface area contributed by atoms with E-state index in [9.17, 15) is 5.11 Å². The minimum atomic E-state index is -0.121. The van der Waals surface area contributed by atoms with Crippen LogP contribution in [0.5, 0.6) is 17.2 Å². The van der Waals surface area contributed by atoms with Crippen molar-refractivity contribution in [3.8, 4) is 39.5 Å². The molecule has 0 saturated carbocycles. The smallest absolute Gasteiger partial charge is 0.177 e. The lowest BCUT2D eigenvalue weighted by Gasteiger charge is -2.13. The summed E-state index contributed by atoms with van der Waals surface area (Å²) in [5.74, 6) is 0.572. The van der Waals surface area contributed by atoms with Crippen LogP contribution in [0.2, 0.25) is 10.0 Å². The molecule has 1 N–H and O–H groups in total. The van der Waals surface area contributed by atoms with E-state index >= 15 is 0 Å². The van der Waals surface area contributed by atoms with E-state index in [2.05, 4.69) is 0 Å². The van der Waals surface area contributed by atoms with E-state index < -0.39 is 0 Å². The molecule has 0 radical (unpaired) electrons. The number of ether oxygens (including phenoxy) is 1. The van der Waals surface area contributed by atoms with Crippen molar-refractivity contribution in [3.63, 3.8) is 0 Å². The van der Waals surface area contributed by atoms with Gasteiger partial charge in [-0.3, -0.25) is 0 Å². The van der Waals surface area contributed by atoms with Crippen LogP contribution in [0.25, 0.3) is 22.3 Å². The van der Waals surface area contributed by atoms with Gasteiger partial charge in [0.15, 0.2) is 11.5 Å². The van der Waals surface area contributed by atoms with Gasteiger partial charge in [0.05, 0.1) is 10.0 Å². The van der Waals surface area contributed by atoms with Crippen LogP contribution in [0.1, 0.15) is 0 Å². The maximum atomic E-state index is 10.4. The van der Waals surface area contributed by atoms with Gasteiger partial charge in [0.2, 0.25) is 0 Å². The molecule has 0 saturated heterocycles. The van der Waals surface area contributed by atoms with Crippen LogP contribution in [0.15, 0.2) is 91.0 Å². The molecule has 0 atom stereocenters. The number of hydrogen-bond acceptors (Lipinski definition) is 2. The van der Waals surface area contributed by atoms with Gasteiger partial charge >= 0.3 is 0 Å². The molecule has 0 heterocycles. The number of rotatable bonds is 4. The Labute approximate surface area is 173 Å². The van der Waals surface area contributed by atoms with E-state index in [1.165, 1.54) is 0 Å². The van der Waals surface area contributed by atoms with Crippen molar-refractivity contribution in [2.75, 3.05) is 0 Å². The first-order valence-electron chi connectivity index (χ1n) is 8.72. The normalized spacial score (nSPS) is 10.6. The van der Waals surface area contributed by atoms with Crippen LogP contribution < -0.4 is 4.74 Å². The lowest BCUT2D eigenvalue weighted by Crippen LogP contribution is -1.89. The molecule has 138 valence electrons. The molecule has 0 aliphatic heterocycles. The zero-order chi connectivity index (χ0) is 19.5. The van der Waals surface area contributed by atoms with Gasteiger partial charge in [-0.2, -0.15) is 0 Å². The summed E-state index contributed by atoms with van der Waals surface area (Å²) in [6.45, 7) is 0. The van der Waals surface area contributed by atoms with Crippen LogP contribution in [-0.2, 0) is 0 Å². The van der Waals surface area contributed by atoms with Crippen molar-refractivity contribution in [3.05, 3.63) is 101 Å². The van der Waals surface area contributed by atoms with Gasteiger partial charge in [-0.25, -0.2) is 0 Å². The Morgan fingerprint density at radius 1 is 0.536 bits per heavy atom. The average molecular weight is 407 g/mol. The van der Waals surface area contributed by atoms with Crippen molar-refractivity contribution in [1.29, 1.82) is 0 Å². The molecule has 28 heavy (non-hydrogen) atoms. The summed E-state index contributed by atoms with van der Waals surface area (Å²) in [6.07, 6.45) is 0. The van der Waals surface area contributed by atoms with Crippen molar-refractivity contribution < 1.29 is 9.84 Å². The summed E-state index contributed by atoms with van der Waals surface area (Å²) >= 11 is 12.7. The van der Waals surface area contributed by atoms with Crippen LogP contribution in [-0.4, -0.2) is 5.11 Å². The van der Waals surface area contributed by atoms with E-state index in [0.717, 1.165) is 22.3 Å². The molecule has 0 unspecified atom stereocenters. The third kappa shape index (κ3) is 3.84. The minimum Gasteiger partial charge on any atom is -0.503 e. The highest BCUT2D eigenvalue weighted by Crippen LogP contribution is 2.42. The Hall–Kier alpha value is -2.94. The zero-order valence-corrected chi connectivity index (χ0v) is 16.3. The highest BCUT2D eigenvalue weighted by atomic mass is 35.5. The Morgan fingerprint density at radius 2 is 1.11 bits per heavy atom. The van der Waals surface area contributed by atoms with E-state index in [1.807, 2.05) is 72.8 Å². The average Bonchev–Trinajstić information content (AvgIpc) is 2.74. The molecule has 4 aromatic carbocycles. The molecular formula is C24H16Cl2O2. The van der Waals surface area contributed by atoms with Crippen molar-refractivity contribution in [2.24, 2.45) is 0 Å². The van der Waals surface area contributed by atoms with E-state index in [4.69, 9.17) is 27.9 Å². The maximum Gasteiger partial charge on any atom is 0.177 e. The first kappa shape index (κ1) is 18.4. The van der Waals surface area contributed by atoms with Gasteiger partial charge < -0.3 is 9.84 Å². The summed E-state index contributed by atoms with van der Waals surface area (Å²) in [6, 6.07) is 28.7. The second kappa shape index (κ2) is 7.97. The molecule has 2 nitrogen and oxygen atoms in total. The number of halogens is 2. The predicted octanol–water partition coefficient (Wildman–Crippen LogP) is 7.83. The first-order chi connectivity index (χ1) is 13.6. The van der Waals surface area contributed by atoms with Crippen LogP contribution in [0.4, 0.5) is 0 Å². The summed E-state index contributed by atoms with van der Waals surface area (Å²) < 4.78 is 5.91. The molecule has 0 bridgehead atoms. The number of phenolic OH excluding ortho intramolecular Hbond substituents is 1. The number of phenols is 1. The lowest BCUT2D eigenvalue weighted by molar-refractivity contribution is 0.412. The van der Waals surface area contributed by atoms with Gasteiger partial charge in [-0.15, -0.1) is 0 Å². The number of aromatic hydroxyl groups is 1. The Kier molecular flexibility index (Phi) is 5.25. The second-order valence-corrected chi connectivity index (χ2v) is 7.10. The zero-order valence-electron chi connectivity index (χ0n) is 14.8. The molecule has 0 amide bonds. The van der Waals surface area contributed by atoms with Crippen molar-refractivity contribution in [2.45, 2.75) is 0 Å². The van der Waals surface area contributed by atoms with E-state index in [1.54, 1.807) is 18.2 Å². The third-order valence-electron chi connectivity index (χ3n) is 4.39. The fourth-order valence-electron chi connectivity index (χ4n) is 2.96. The van der Waals surface area contributed by atoms with Crippen LogP contribution >= 0.6 is 23.2 Å². The Morgan fingerprint density at radius 3 is 1.71 bits per heavy atom. The maximum absolute atomic E-state index is 10.4.